The van der Waals surface area contributed by atoms with Gasteiger partial charge in [0.15, 0.2) is 0 Å². The van der Waals surface area contributed by atoms with Crippen LogP contribution >= 0.6 is 0 Å². The predicted octanol–water partition coefficient (Wildman–Crippen LogP) is 4.29. The van der Waals surface area contributed by atoms with Crippen LogP contribution in [-0.4, -0.2) is 19.2 Å². The van der Waals surface area contributed by atoms with E-state index in [1.54, 1.807) is 0 Å². The molecule has 1 N–H and O–H groups in total. The molecule has 1 spiro atoms. The van der Waals surface area contributed by atoms with Crippen molar-refractivity contribution in [3.8, 4) is 5.75 Å². The first-order valence-electron chi connectivity index (χ1n) is 8.54. The fourth-order valence-corrected chi connectivity index (χ4v) is 4.32. The summed E-state index contributed by atoms with van der Waals surface area (Å²) in [4.78, 5) is 0. The molecule has 2 nitrogen and oxygen atoms in total. The van der Waals surface area contributed by atoms with Crippen molar-refractivity contribution in [3.05, 3.63) is 29.8 Å². The zero-order valence-electron chi connectivity index (χ0n) is 13.7. The summed E-state index contributed by atoms with van der Waals surface area (Å²) in [6, 6.07) is 9.42. The van der Waals surface area contributed by atoms with E-state index in [1.807, 2.05) is 6.92 Å². The van der Waals surface area contributed by atoms with Crippen molar-refractivity contribution in [1.29, 1.82) is 0 Å². The van der Waals surface area contributed by atoms with Crippen LogP contribution in [0.5, 0.6) is 5.75 Å². The topological polar surface area (TPSA) is 21.3 Å². The maximum Gasteiger partial charge on any atom is 0.119 e. The van der Waals surface area contributed by atoms with Crippen LogP contribution in [0, 0.1) is 5.41 Å². The van der Waals surface area contributed by atoms with Crippen molar-refractivity contribution in [1.82, 2.24) is 5.32 Å². The van der Waals surface area contributed by atoms with Crippen LogP contribution in [0.1, 0.15) is 58.4 Å². The Morgan fingerprint density at radius 1 is 1.14 bits per heavy atom. The molecule has 0 aliphatic heterocycles. The fourth-order valence-electron chi connectivity index (χ4n) is 4.32. The zero-order chi connectivity index (χ0) is 14.9. The van der Waals surface area contributed by atoms with Crippen molar-refractivity contribution in [3.63, 3.8) is 0 Å². The molecule has 2 aliphatic rings. The van der Waals surface area contributed by atoms with E-state index in [2.05, 4.69) is 43.4 Å². The number of hydrogen-bond donors (Lipinski definition) is 1. The monoisotopic (exact) mass is 287 g/mol. The molecule has 2 fully saturated rings. The second kappa shape index (κ2) is 5.64. The highest BCUT2D eigenvalue weighted by atomic mass is 16.5. The normalized spacial score (nSPS) is 21.9. The van der Waals surface area contributed by atoms with E-state index in [-0.39, 0.29) is 0 Å². The van der Waals surface area contributed by atoms with Crippen LogP contribution < -0.4 is 10.1 Å². The molecule has 0 saturated heterocycles. The molecule has 0 radical (unpaired) electrons. The van der Waals surface area contributed by atoms with Crippen molar-refractivity contribution in [2.24, 2.45) is 5.41 Å². The Hall–Kier alpha value is -1.02. The predicted molar refractivity (Wildman–Crippen MR) is 87.9 cm³/mol. The first-order valence-corrected chi connectivity index (χ1v) is 8.54. The average Bonchev–Trinajstić information content (AvgIpc) is 2.37. The van der Waals surface area contributed by atoms with Crippen molar-refractivity contribution >= 4 is 0 Å². The van der Waals surface area contributed by atoms with Gasteiger partial charge in [-0.2, -0.15) is 0 Å². The number of hydrogen-bond acceptors (Lipinski definition) is 2. The minimum absolute atomic E-state index is 0.357. The zero-order valence-corrected chi connectivity index (χ0v) is 13.7. The van der Waals surface area contributed by atoms with Gasteiger partial charge >= 0.3 is 0 Å². The lowest BCUT2D eigenvalue weighted by molar-refractivity contribution is -0.0489. The number of rotatable bonds is 6. The number of ether oxygens (including phenoxy) is 1. The van der Waals surface area contributed by atoms with E-state index < -0.39 is 0 Å². The van der Waals surface area contributed by atoms with Gasteiger partial charge in [-0.1, -0.05) is 32.4 Å². The van der Waals surface area contributed by atoms with E-state index in [0.29, 0.717) is 16.9 Å². The Bertz CT molecular complexity index is 465. The van der Waals surface area contributed by atoms with Crippen molar-refractivity contribution < 1.29 is 4.74 Å². The molecule has 0 atom stereocenters. The highest BCUT2D eigenvalue weighted by Gasteiger charge is 2.57. The van der Waals surface area contributed by atoms with Crippen molar-refractivity contribution in [2.75, 3.05) is 13.2 Å². The highest BCUT2D eigenvalue weighted by molar-refractivity contribution is 5.36. The molecule has 1 aromatic rings. The van der Waals surface area contributed by atoms with Gasteiger partial charge in [-0.15, -0.1) is 0 Å². The first kappa shape index (κ1) is 14.9. The molecule has 21 heavy (non-hydrogen) atoms. The van der Waals surface area contributed by atoms with Gasteiger partial charge in [0.25, 0.3) is 0 Å². The summed E-state index contributed by atoms with van der Waals surface area (Å²) in [6.45, 7) is 8.37. The molecule has 3 rings (SSSR count). The molecule has 0 heterocycles. The van der Waals surface area contributed by atoms with Gasteiger partial charge in [0.05, 0.1) is 6.61 Å². The molecular weight excluding hydrogens is 258 g/mol. The standard InChI is InChI=1S/C19H29NO/c1-4-21-17-8-6-16(7-9-17)19(14-20-15(2)3)12-18(13-19)10-5-11-18/h6-9,15,20H,4-5,10-14H2,1-3H3. The molecule has 0 aromatic heterocycles. The smallest absolute Gasteiger partial charge is 0.119 e. The third kappa shape index (κ3) is 2.83. The lowest BCUT2D eigenvalue weighted by Gasteiger charge is -2.62. The van der Waals surface area contributed by atoms with Crippen molar-refractivity contribution in [2.45, 2.75) is 64.3 Å². The fraction of sp³-hybridized carbons (Fsp3) is 0.684. The Kier molecular flexibility index (Phi) is 4.00. The van der Waals surface area contributed by atoms with E-state index in [0.717, 1.165) is 18.9 Å². The molecule has 0 unspecified atom stereocenters. The second-order valence-corrected chi connectivity index (χ2v) is 7.48. The minimum Gasteiger partial charge on any atom is -0.494 e. The van der Waals surface area contributed by atoms with Crippen LogP contribution in [-0.2, 0) is 5.41 Å². The lowest BCUT2D eigenvalue weighted by atomic mass is 9.43. The third-order valence-electron chi connectivity index (χ3n) is 5.47. The van der Waals surface area contributed by atoms with Crippen LogP contribution in [0.2, 0.25) is 0 Å². The highest BCUT2D eigenvalue weighted by Crippen LogP contribution is 2.64. The summed E-state index contributed by atoms with van der Waals surface area (Å²) in [6.07, 6.45) is 7.08. The van der Waals surface area contributed by atoms with E-state index in [4.69, 9.17) is 4.74 Å². The molecule has 2 saturated carbocycles. The average molecular weight is 287 g/mol. The Labute approximate surface area is 129 Å². The summed E-state index contributed by atoms with van der Waals surface area (Å²) >= 11 is 0. The summed E-state index contributed by atoms with van der Waals surface area (Å²) in [5.74, 6) is 0.992. The van der Waals surface area contributed by atoms with Crippen LogP contribution in [0.25, 0.3) is 0 Å². The summed E-state index contributed by atoms with van der Waals surface area (Å²) in [5.41, 5.74) is 2.55. The van der Waals surface area contributed by atoms with Gasteiger partial charge in [0, 0.05) is 18.0 Å². The SMILES string of the molecule is CCOc1ccc(C2(CNC(C)C)CC3(CCC3)C2)cc1. The molecule has 116 valence electrons. The maximum absolute atomic E-state index is 5.58. The molecule has 0 bridgehead atoms. The summed E-state index contributed by atoms with van der Waals surface area (Å²) < 4.78 is 5.58. The summed E-state index contributed by atoms with van der Waals surface area (Å²) in [7, 11) is 0. The Morgan fingerprint density at radius 3 is 2.29 bits per heavy atom. The van der Waals surface area contributed by atoms with E-state index >= 15 is 0 Å². The lowest BCUT2D eigenvalue weighted by Crippen LogP contribution is -2.57. The Morgan fingerprint density at radius 2 is 1.81 bits per heavy atom. The number of benzene rings is 1. The van der Waals surface area contributed by atoms with Gasteiger partial charge in [-0.3, -0.25) is 0 Å². The Balaban J connectivity index is 1.75. The van der Waals surface area contributed by atoms with Gasteiger partial charge in [-0.05, 0) is 55.7 Å². The van der Waals surface area contributed by atoms with Crippen LogP contribution in [0.15, 0.2) is 24.3 Å². The molecule has 1 aromatic carbocycles. The van der Waals surface area contributed by atoms with Gasteiger partial charge < -0.3 is 10.1 Å². The van der Waals surface area contributed by atoms with Gasteiger partial charge in [0.2, 0.25) is 0 Å². The molecule has 2 heteroatoms. The van der Waals surface area contributed by atoms with Crippen LogP contribution in [0.4, 0.5) is 0 Å². The maximum atomic E-state index is 5.58. The van der Waals surface area contributed by atoms with E-state index in [1.165, 1.54) is 37.7 Å². The largest absolute Gasteiger partial charge is 0.494 e. The van der Waals surface area contributed by atoms with Crippen LogP contribution in [0.3, 0.4) is 0 Å². The molecule has 2 aliphatic carbocycles. The minimum atomic E-state index is 0.357. The van der Waals surface area contributed by atoms with E-state index in [9.17, 15) is 0 Å². The summed E-state index contributed by atoms with van der Waals surface area (Å²) in [5, 5.41) is 3.68. The quantitative estimate of drug-likeness (QED) is 0.843. The molecular formula is C19H29NO. The first-order chi connectivity index (χ1) is 10.1. The second-order valence-electron chi connectivity index (χ2n) is 7.48. The number of nitrogens with one attached hydrogen (secondary N) is 1. The van der Waals surface area contributed by atoms with Gasteiger partial charge in [0.1, 0.15) is 5.75 Å². The third-order valence-corrected chi connectivity index (χ3v) is 5.47. The molecule has 0 amide bonds. The van der Waals surface area contributed by atoms with Gasteiger partial charge in [-0.25, -0.2) is 0 Å².